The summed E-state index contributed by atoms with van der Waals surface area (Å²) in [5.41, 5.74) is 1.28. The molecule has 0 saturated carbocycles. The highest BCUT2D eigenvalue weighted by atomic mass is 16.5. The van der Waals surface area contributed by atoms with Gasteiger partial charge >= 0.3 is 5.69 Å². The van der Waals surface area contributed by atoms with Crippen LogP contribution in [0.3, 0.4) is 0 Å². The Bertz CT molecular complexity index is 1060. The quantitative estimate of drug-likeness (QED) is 0.573. The molecular formula is C20H24N4O3. The van der Waals surface area contributed by atoms with Crippen LogP contribution in [0.5, 0.6) is 5.75 Å². The van der Waals surface area contributed by atoms with E-state index in [-0.39, 0.29) is 11.2 Å². The van der Waals surface area contributed by atoms with E-state index in [1.807, 2.05) is 31.2 Å². The van der Waals surface area contributed by atoms with Gasteiger partial charge in [-0.05, 0) is 30.5 Å². The molecule has 0 aliphatic carbocycles. The van der Waals surface area contributed by atoms with Gasteiger partial charge in [-0.2, -0.15) is 0 Å². The molecule has 0 aliphatic rings. The van der Waals surface area contributed by atoms with E-state index in [1.54, 1.807) is 28.6 Å². The van der Waals surface area contributed by atoms with Gasteiger partial charge in [0.05, 0.1) is 13.4 Å². The molecule has 3 rings (SSSR count). The number of nitrogens with zero attached hydrogens (tertiary/aromatic N) is 4. The number of rotatable bonds is 8. The topological polar surface area (TPSA) is 71.0 Å². The minimum absolute atomic E-state index is 0.310. The van der Waals surface area contributed by atoms with Crippen molar-refractivity contribution in [1.29, 1.82) is 0 Å². The molecule has 2 heterocycles. The van der Waals surface area contributed by atoms with E-state index >= 15 is 0 Å². The van der Waals surface area contributed by atoms with Crippen molar-refractivity contribution in [2.24, 2.45) is 0 Å². The lowest BCUT2D eigenvalue weighted by Crippen LogP contribution is -2.40. The van der Waals surface area contributed by atoms with E-state index < -0.39 is 0 Å². The number of methoxy groups -OCH3 is 1. The second-order valence-electron chi connectivity index (χ2n) is 6.36. The van der Waals surface area contributed by atoms with Crippen LogP contribution in [0.2, 0.25) is 0 Å². The van der Waals surface area contributed by atoms with Crippen molar-refractivity contribution in [2.75, 3.05) is 7.11 Å². The standard InChI is InChI=1S/C20H24N4O3/c1-4-6-12-24-19(25)17-18(23(11-5-2)20(24)26)21-14-22(17)13-15-7-9-16(27-3)10-8-15/h4,7-10,14H,1,5-6,11-13H2,2-3H3. The van der Waals surface area contributed by atoms with Gasteiger partial charge in [-0.3, -0.25) is 13.9 Å². The molecule has 0 atom stereocenters. The van der Waals surface area contributed by atoms with Gasteiger partial charge < -0.3 is 9.30 Å². The summed E-state index contributed by atoms with van der Waals surface area (Å²) in [6.07, 6.45) is 4.66. The summed E-state index contributed by atoms with van der Waals surface area (Å²) in [7, 11) is 1.62. The van der Waals surface area contributed by atoms with Gasteiger partial charge in [0, 0.05) is 19.6 Å². The molecule has 0 aliphatic heterocycles. The normalized spacial score (nSPS) is 11.0. The van der Waals surface area contributed by atoms with Gasteiger partial charge in [0.2, 0.25) is 0 Å². The van der Waals surface area contributed by atoms with E-state index in [0.717, 1.165) is 17.7 Å². The molecule has 0 N–H and O–H groups in total. The molecule has 0 amide bonds. The van der Waals surface area contributed by atoms with Crippen LogP contribution < -0.4 is 16.0 Å². The third-order valence-electron chi connectivity index (χ3n) is 4.50. The molecule has 1 aromatic carbocycles. The number of fused-ring (bicyclic) bond motifs is 1. The van der Waals surface area contributed by atoms with E-state index in [9.17, 15) is 9.59 Å². The first kappa shape index (κ1) is 18.7. The van der Waals surface area contributed by atoms with Crippen LogP contribution in [0.25, 0.3) is 11.2 Å². The molecule has 0 radical (unpaired) electrons. The molecule has 3 aromatic rings. The summed E-state index contributed by atoms with van der Waals surface area (Å²) in [5.74, 6) is 0.776. The van der Waals surface area contributed by atoms with Crippen LogP contribution in [0.15, 0.2) is 52.8 Å². The monoisotopic (exact) mass is 368 g/mol. The van der Waals surface area contributed by atoms with Gasteiger partial charge in [-0.25, -0.2) is 9.78 Å². The average molecular weight is 368 g/mol. The predicted octanol–water partition coefficient (Wildman–Crippen LogP) is 2.40. The number of aryl methyl sites for hydroxylation is 1. The molecule has 0 unspecified atom stereocenters. The van der Waals surface area contributed by atoms with Crippen molar-refractivity contribution in [3.8, 4) is 5.75 Å². The maximum Gasteiger partial charge on any atom is 0.332 e. The fourth-order valence-electron chi connectivity index (χ4n) is 3.13. The molecule has 7 heteroatoms. The number of imidazole rings is 1. The number of hydrogen-bond donors (Lipinski definition) is 0. The average Bonchev–Trinajstić information content (AvgIpc) is 3.09. The maximum absolute atomic E-state index is 13.0. The highest BCUT2D eigenvalue weighted by Gasteiger charge is 2.17. The Labute approximate surface area is 157 Å². The Morgan fingerprint density at radius 2 is 1.89 bits per heavy atom. The first-order valence-corrected chi connectivity index (χ1v) is 9.03. The molecule has 0 fully saturated rings. The number of hydrogen-bond acceptors (Lipinski definition) is 4. The smallest absolute Gasteiger partial charge is 0.332 e. The van der Waals surface area contributed by atoms with E-state index in [4.69, 9.17) is 4.74 Å². The van der Waals surface area contributed by atoms with Crippen molar-refractivity contribution >= 4 is 11.2 Å². The summed E-state index contributed by atoms with van der Waals surface area (Å²) in [4.78, 5) is 30.2. The third-order valence-corrected chi connectivity index (χ3v) is 4.50. The van der Waals surface area contributed by atoms with Crippen LogP contribution in [0, 0.1) is 0 Å². The largest absolute Gasteiger partial charge is 0.497 e. The maximum atomic E-state index is 13.0. The van der Waals surface area contributed by atoms with Crippen LogP contribution in [0.4, 0.5) is 0 Å². The fraction of sp³-hybridized carbons (Fsp3) is 0.350. The lowest BCUT2D eigenvalue weighted by molar-refractivity contribution is 0.414. The van der Waals surface area contributed by atoms with Gasteiger partial charge in [-0.1, -0.05) is 25.1 Å². The number of allylic oxidation sites excluding steroid dienone is 1. The minimum atomic E-state index is -0.314. The molecule has 0 spiro atoms. The highest BCUT2D eigenvalue weighted by Crippen LogP contribution is 2.14. The molecule has 142 valence electrons. The molecule has 7 nitrogen and oxygen atoms in total. The molecule has 2 aromatic heterocycles. The zero-order valence-electron chi connectivity index (χ0n) is 15.7. The zero-order chi connectivity index (χ0) is 19.4. The van der Waals surface area contributed by atoms with Gasteiger partial charge in [0.1, 0.15) is 5.75 Å². The lowest BCUT2D eigenvalue weighted by Gasteiger charge is -2.11. The van der Waals surface area contributed by atoms with Gasteiger partial charge in [0.15, 0.2) is 11.2 Å². The second kappa shape index (κ2) is 8.07. The van der Waals surface area contributed by atoms with E-state index in [2.05, 4.69) is 11.6 Å². The SMILES string of the molecule is C=CCCn1c(=O)c2c(ncn2Cc2ccc(OC)cc2)n(CCC)c1=O. The minimum Gasteiger partial charge on any atom is -0.497 e. The molecule has 27 heavy (non-hydrogen) atoms. The number of benzene rings is 1. The first-order valence-electron chi connectivity index (χ1n) is 9.03. The van der Waals surface area contributed by atoms with Gasteiger partial charge in [0.25, 0.3) is 5.56 Å². The fourth-order valence-corrected chi connectivity index (χ4v) is 3.13. The Hall–Kier alpha value is -3.09. The highest BCUT2D eigenvalue weighted by molar-refractivity contribution is 5.70. The van der Waals surface area contributed by atoms with Crippen LogP contribution in [-0.4, -0.2) is 25.8 Å². The molecule has 0 saturated heterocycles. The van der Waals surface area contributed by atoms with E-state index in [0.29, 0.717) is 37.2 Å². The second-order valence-corrected chi connectivity index (χ2v) is 6.36. The molecule has 0 bridgehead atoms. The number of aromatic nitrogens is 4. The summed E-state index contributed by atoms with van der Waals surface area (Å²) in [5, 5.41) is 0. The Morgan fingerprint density at radius 1 is 1.15 bits per heavy atom. The Morgan fingerprint density at radius 3 is 2.52 bits per heavy atom. The molecular weight excluding hydrogens is 344 g/mol. The first-order chi connectivity index (χ1) is 13.1. The third kappa shape index (κ3) is 3.58. The van der Waals surface area contributed by atoms with Crippen molar-refractivity contribution in [1.82, 2.24) is 18.7 Å². The van der Waals surface area contributed by atoms with Gasteiger partial charge in [-0.15, -0.1) is 6.58 Å². The van der Waals surface area contributed by atoms with Crippen molar-refractivity contribution < 1.29 is 4.74 Å². The van der Waals surface area contributed by atoms with Crippen LogP contribution in [0.1, 0.15) is 25.3 Å². The summed E-state index contributed by atoms with van der Waals surface area (Å²) < 4.78 is 9.86. The summed E-state index contributed by atoms with van der Waals surface area (Å²) in [6, 6.07) is 7.65. The van der Waals surface area contributed by atoms with Crippen molar-refractivity contribution in [2.45, 2.75) is 39.4 Å². The lowest BCUT2D eigenvalue weighted by atomic mass is 10.2. The summed E-state index contributed by atoms with van der Waals surface area (Å²) in [6.45, 7) is 6.99. The Balaban J connectivity index is 2.13. The van der Waals surface area contributed by atoms with Crippen molar-refractivity contribution in [3.05, 3.63) is 69.6 Å². The summed E-state index contributed by atoms with van der Waals surface area (Å²) >= 11 is 0. The van der Waals surface area contributed by atoms with E-state index in [1.165, 1.54) is 4.57 Å². The number of ether oxygens (including phenoxy) is 1. The predicted molar refractivity (Wildman–Crippen MR) is 105 cm³/mol. The zero-order valence-corrected chi connectivity index (χ0v) is 15.7. The van der Waals surface area contributed by atoms with Crippen LogP contribution in [-0.2, 0) is 19.6 Å². The Kier molecular flexibility index (Phi) is 5.59. The van der Waals surface area contributed by atoms with Crippen molar-refractivity contribution in [3.63, 3.8) is 0 Å². The van der Waals surface area contributed by atoms with Crippen LogP contribution >= 0.6 is 0 Å².